The Bertz CT molecular complexity index is 785. The topological polar surface area (TPSA) is 74.9 Å². The highest BCUT2D eigenvalue weighted by Gasteiger charge is 2.25. The molecule has 1 aliphatic carbocycles. The van der Waals surface area contributed by atoms with Crippen LogP contribution in [-0.2, 0) is 6.54 Å². The minimum Gasteiger partial charge on any atom is -0.474 e. The highest BCUT2D eigenvalue weighted by molar-refractivity contribution is 14.0. The zero-order valence-electron chi connectivity index (χ0n) is 18.3. The molecule has 1 aliphatic heterocycles. The van der Waals surface area contributed by atoms with E-state index in [0.29, 0.717) is 12.6 Å². The number of guanidine groups is 1. The third-order valence-corrected chi connectivity index (χ3v) is 5.99. The van der Waals surface area contributed by atoms with Crippen molar-refractivity contribution in [3.8, 4) is 5.88 Å². The smallest absolute Gasteiger partial charge is 0.213 e. The van der Waals surface area contributed by atoms with Gasteiger partial charge in [0.1, 0.15) is 11.9 Å². The standard InChI is InChI=1S/C23H33N5O2.HI/c1-24-23(27-17-20(21-9-6-14-29-21)28-12-4-5-13-28)26-16-18-10-11-22(25-15-18)30-19-7-2-3-8-19;/h6,9-11,14-15,19-20H,2-5,7-8,12-13,16-17H2,1H3,(H2,24,26,27);1H. The molecule has 1 saturated carbocycles. The average Bonchev–Trinajstić information content (AvgIpc) is 3.56. The number of nitrogens with one attached hydrogen (secondary N) is 2. The zero-order chi connectivity index (χ0) is 20.6. The summed E-state index contributed by atoms with van der Waals surface area (Å²) in [5.41, 5.74) is 1.10. The van der Waals surface area contributed by atoms with Crippen molar-refractivity contribution in [2.75, 3.05) is 26.7 Å². The summed E-state index contributed by atoms with van der Waals surface area (Å²) in [6.45, 7) is 3.63. The van der Waals surface area contributed by atoms with E-state index in [1.54, 1.807) is 13.3 Å². The lowest BCUT2D eigenvalue weighted by molar-refractivity contribution is 0.201. The normalized spacial score (nSPS) is 18.5. The van der Waals surface area contributed by atoms with Gasteiger partial charge in [-0.1, -0.05) is 6.07 Å². The molecular weight excluding hydrogens is 505 g/mol. The van der Waals surface area contributed by atoms with Crippen molar-refractivity contribution >= 4 is 29.9 Å². The number of hydrogen-bond acceptors (Lipinski definition) is 5. The summed E-state index contributed by atoms with van der Waals surface area (Å²) in [6, 6.07) is 8.26. The Morgan fingerprint density at radius 3 is 2.65 bits per heavy atom. The van der Waals surface area contributed by atoms with Crippen LogP contribution in [0.4, 0.5) is 0 Å². The number of nitrogens with zero attached hydrogens (tertiary/aromatic N) is 3. The fraction of sp³-hybridized carbons (Fsp3) is 0.565. The minimum absolute atomic E-state index is 0. The van der Waals surface area contributed by atoms with E-state index in [-0.39, 0.29) is 30.0 Å². The first-order chi connectivity index (χ1) is 14.8. The van der Waals surface area contributed by atoms with Crippen LogP contribution < -0.4 is 15.4 Å². The van der Waals surface area contributed by atoms with Gasteiger partial charge in [-0.15, -0.1) is 24.0 Å². The van der Waals surface area contributed by atoms with E-state index in [1.165, 1.54) is 25.7 Å². The molecule has 2 aromatic heterocycles. The van der Waals surface area contributed by atoms with Crippen LogP contribution in [0.15, 0.2) is 46.1 Å². The summed E-state index contributed by atoms with van der Waals surface area (Å²) in [5, 5.41) is 6.84. The molecule has 0 spiro atoms. The van der Waals surface area contributed by atoms with Gasteiger partial charge in [0.2, 0.25) is 5.88 Å². The first-order valence-electron chi connectivity index (χ1n) is 11.2. The van der Waals surface area contributed by atoms with E-state index in [9.17, 15) is 0 Å². The Kier molecular flexibility index (Phi) is 9.45. The molecule has 0 amide bonds. The number of ether oxygens (including phenoxy) is 1. The molecule has 4 rings (SSSR count). The highest BCUT2D eigenvalue weighted by Crippen LogP contribution is 2.25. The molecular formula is C23H34IN5O2. The van der Waals surface area contributed by atoms with Crippen LogP contribution in [0, 0.1) is 0 Å². The number of halogens is 1. The van der Waals surface area contributed by atoms with E-state index in [4.69, 9.17) is 9.15 Å². The molecule has 2 aliphatic rings. The quantitative estimate of drug-likeness (QED) is 0.299. The van der Waals surface area contributed by atoms with Gasteiger partial charge < -0.3 is 19.8 Å². The number of aromatic nitrogens is 1. The molecule has 170 valence electrons. The van der Waals surface area contributed by atoms with E-state index in [1.807, 2.05) is 18.3 Å². The Labute approximate surface area is 202 Å². The second-order valence-electron chi connectivity index (χ2n) is 8.11. The van der Waals surface area contributed by atoms with E-state index in [0.717, 1.165) is 55.6 Å². The van der Waals surface area contributed by atoms with Gasteiger partial charge in [-0.2, -0.15) is 0 Å². The fourth-order valence-electron chi connectivity index (χ4n) is 4.31. The average molecular weight is 539 g/mol. The van der Waals surface area contributed by atoms with Gasteiger partial charge in [-0.3, -0.25) is 9.89 Å². The van der Waals surface area contributed by atoms with Gasteiger partial charge >= 0.3 is 0 Å². The number of likely N-dealkylation sites (tertiary alicyclic amines) is 1. The maximum atomic E-state index is 5.94. The summed E-state index contributed by atoms with van der Waals surface area (Å²) in [5.74, 6) is 2.50. The molecule has 2 aromatic rings. The van der Waals surface area contributed by atoms with Crippen molar-refractivity contribution < 1.29 is 9.15 Å². The number of hydrogen-bond donors (Lipinski definition) is 2. The molecule has 1 saturated heterocycles. The Balaban J connectivity index is 0.00000272. The first kappa shape index (κ1) is 23.8. The van der Waals surface area contributed by atoms with Crippen molar-refractivity contribution in [3.05, 3.63) is 48.0 Å². The van der Waals surface area contributed by atoms with Crippen LogP contribution in [0.3, 0.4) is 0 Å². The molecule has 1 unspecified atom stereocenters. The van der Waals surface area contributed by atoms with Crippen LogP contribution in [-0.4, -0.2) is 48.6 Å². The van der Waals surface area contributed by atoms with Crippen molar-refractivity contribution in [1.82, 2.24) is 20.5 Å². The largest absolute Gasteiger partial charge is 0.474 e. The molecule has 7 nitrogen and oxygen atoms in total. The van der Waals surface area contributed by atoms with Gasteiger partial charge in [0.05, 0.1) is 12.3 Å². The van der Waals surface area contributed by atoms with Gasteiger partial charge in [0.15, 0.2) is 5.96 Å². The van der Waals surface area contributed by atoms with Crippen LogP contribution >= 0.6 is 24.0 Å². The lowest BCUT2D eigenvalue weighted by atomic mass is 10.2. The molecule has 1 atom stereocenters. The molecule has 31 heavy (non-hydrogen) atoms. The molecule has 2 N–H and O–H groups in total. The Hall–Kier alpha value is -1.81. The van der Waals surface area contributed by atoms with Gasteiger partial charge in [0.25, 0.3) is 0 Å². The van der Waals surface area contributed by atoms with Crippen molar-refractivity contribution in [2.24, 2.45) is 4.99 Å². The highest BCUT2D eigenvalue weighted by atomic mass is 127. The summed E-state index contributed by atoms with van der Waals surface area (Å²) in [6.07, 6.45) is 11.3. The SMILES string of the molecule is CN=C(NCc1ccc(OC2CCCC2)nc1)NCC(c1ccco1)N1CCCC1.I. The first-order valence-corrected chi connectivity index (χ1v) is 11.2. The van der Waals surface area contributed by atoms with Crippen molar-refractivity contribution in [3.63, 3.8) is 0 Å². The fourth-order valence-corrected chi connectivity index (χ4v) is 4.31. The zero-order valence-corrected chi connectivity index (χ0v) is 20.6. The lowest BCUT2D eigenvalue weighted by Gasteiger charge is -2.26. The van der Waals surface area contributed by atoms with E-state index in [2.05, 4.69) is 37.6 Å². The maximum Gasteiger partial charge on any atom is 0.213 e. The second-order valence-corrected chi connectivity index (χ2v) is 8.11. The maximum absolute atomic E-state index is 5.94. The number of pyridine rings is 1. The third kappa shape index (κ3) is 6.83. The number of furan rings is 1. The molecule has 3 heterocycles. The molecule has 0 bridgehead atoms. The minimum atomic E-state index is 0. The van der Waals surface area contributed by atoms with Crippen molar-refractivity contribution in [2.45, 2.75) is 57.2 Å². The molecule has 0 aromatic carbocycles. The molecule has 0 radical (unpaired) electrons. The third-order valence-electron chi connectivity index (χ3n) is 5.99. The van der Waals surface area contributed by atoms with Gasteiger partial charge in [-0.25, -0.2) is 4.98 Å². The monoisotopic (exact) mass is 539 g/mol. The summed E-state index contributed by atoms with van der Waals surface area (Å²) >= 11 is 0. The van der Waals surface area contributed by atoms with Crippen LogP contribution in [0.5, 0.6) is 5.88 Å². The van der Waals surface area contributed by atoms with Crippen LogP contribution in [0.1, 0.15) is 55.9 Å². The predicted molar refractivity (Wildman–Crippen MR) is 133 cm³/mol. The summed E-state index contributed by atoms with van der Waals surface area (Å²) < 4.78 is 11.6. The van der Waals surface area contributed by atoms with Gasteiger partial charge in [0, 0.05) is 32.4 Å². The van der Waals surface area contributed by atoms with E-state index >= 15 is 0 Å². The number of aliphatic imine (C=N–C) groups is 1. The van der Waals surface area contributed by atoms with Crippen LogP contribution in [0.2, 0.25) is 0 Å². The Morgan fingerprint density at radius 1 is 1.19 bits per heavy atom. The van der Waals surface area contributed by atoms with Crippen LogP contribution in [0.25, 0.3) is 0 Å². The Morgan fingerprint density at radius 2 is 2.00 bits per heavy atom. The van der Waals surface area contributed by atoms with Gasteiger partial charge in [-0.05, 0) is 69.3 Å². The summed E-state index contributed by atoms with van der Waals surface area (Å²) in [7, 11) is 1.80. The molecule has 8 heteroatoms. The second kappa shape index (κ2) is 12.3. The summed E-state index contributed by atoms with van der Waals surface area (Å²) in [4.78, 5) is 11.3. The van der Waals surface area contributed by atoms with Crippen molar-refractivity contribution in [1.29, 1.82) is 0 Å². The molecule has 2 fully saturated rings. The number of rotatable bonds is 8. The van der Waals surface area contributed by atoms with E-state index < -0.39 is 0 Å². The lowest BCUT2D eigenvalue weighted by Crippen LogP contribution is -2.42. The predicted octanol–water partition coefficient (Wildman–Crippen LogP) is 4.12.